The molecule has 1 fully saturated rings. The third-order valence-corrected chi connectivity index (χ3v) is 4.39. The third kappa shape index (κ3) is 3.97. The van der Waals surface area contributed by atoms with Crippen LogP contribution in [0.4, 0.5) is 5.69 Å². The second-order valence-electron chi connectivity index (χ2n) is 5.92. The number of hydrogen-bond acceptors (Lipinski definition) is 5. The number of aromatic amines is 1. The van der Waals surface area contributed by atoms with E-state index in [0.717, 1.165) is 25.9 Å². The minimum atomic E-state index is -0.415. The van der Waals surface area contributed by atoms with Gasteiger partial charge in [-0.3, -0.25) is 19.7 Å². The third-order valence-electron chi connectivity index (χ3n) is 4.11. The number of piperidine rings is 1. The Kier molecular flexibility index (Phi) is 5.30. The molecule has 2 aromatic rings. The number of pyridine rings is 1. The Labute approximate surface area is 149 Å². The first kappa shape index (κ1) is 17.4. The van der Waals surface area contributed by atoms with Gasteiger partial charge in [-0.1, -0.05) is 11.6 Å². The van der Waals surface area contributed by atoms with E-state index in [-0.39, 0.29) is 22.7 Å². The van der Waals surface area contributed by atoms with Crippen LogP contribution in [-0.2, 0) is 0 Å². The minimum Gasteiger partial charge on any atom is -0.348 e. The summed E-state index contributed by atoms with van der Waals surface area (Å²) < 4.78 is 0. The van der Waals surface area contributed by atoms with E-state index in [1.165, 1.54) is 12.4 Å². The molecule has 0 radical (unpaired) electrons. The molecule has 132 valence electrons. The maximum absolute atomic E-state index is 12.5. The van der Waals surface area contributed by atoms with Gasteiger partial charge in [0.05, 0.1) is 22.5 Å². The topological polar surface area (TPSA) is 112 Å². The lowest BCUT2D eigenvalue weighted by molar-refractivity contribution is 0.0925. The molecular weight excluding hydrogens is 344 g/mol. The highest BCUT2D eigenvalue weighted by atomic mass is 35.5. The van der Waals surface area contributed by atoms with E-state index >= 15 is 0 Å². The van der Waals surface area contributed by atoms with Gasteiger partial charge in [0.2, 0.25) is 0 Å². The monoisotopic (exact) mass is 362 g/mol. The summed E-state index contributed by atoms with van der Waals surface area (Å²) in [6, 6.07) is 0.109. The van der Waals surface area contributed by atoms with Gasteiger partial charge >= 0.3 is 0 Å². The Morgan fingerprint density at radius 3 is 2.68 bits per heavy atom. The Bertz CT molecular complexity index is 764. The quantitative estimate of drug-likeness (QED) is 0.658. The first-order chi connectivity index (χ1) is 12.1. The predicted octanol–water partition coefficient (Wildman–Crippen LogP) is 1.50. The van der Waals surface area contributed by atoms with E-state index in [0.29, 0.717) is 16.8 Å². The number of amides is 2. The van der Waals surface area contributed by atoms with Crippen molar-refractivity contribution in [2.45, 2.75) is 25.8 Å². The standard InChI is InChI=1S/C16H19ClN6O2/c1-9-6-19-7-11(17)13(9)15(24)22-12-8-20-23-14(12)16(25)21-10-2-4-18-5-3-10/h6-8,10,18H,2-5H2,1H3,(H,20,23)(H,21,25)(H,22,24). The predicted molar refractivity (Wildman–Crippen MR) is 93.9 cm³/mol. The summed E-state index contributed by atoms with van der Waals surface area (Å²) in [5.74, 6) is -0.709. The number of aromatic nitrogens is 3. The van der Waals surface area contributed by atoms with Crippen molar-refractivity contribution >= 4 is 29.1 Å². The highest BCUT2D eigenvalue weighted by Gasteiger charge is 2.22. The molecule has 0 atom stereocenters. The fourth-order valence-corrected chi connectivity index (χ4v) is 3.07. The molecular formula is C16H19ClN6O2. The van der Waals surface area contributed by atoms with Crippen LogP contribution in [0, 0.1) is 6.92 Å². The highest BCUT2D eigenvalue weighted by Crippen LogP contribution is 2.21. The number of anilines is 1. The van der Waals surface area contributed by atoms with Crippen molar-refractivity contribution in [2.75, 3.05) is 18.4 Å². The van der Waals surface area contributed by atoms with E-state index in [4.69, 9.17) is 11.6 Å². The van der Waals surface area contributed by atoms with Gasteiger partial charge in [-0.15, -0.1) is 0 Å². The summed E-state index contributed by atoms with van der Waals surface area (Å²) in [6.07, 6.45) is 6.10. The maximum atomic E-state index is 12.5. The number of hydrogen-bond donors (Lipinski definition) is 4. The van der Waals surface area contributed by atoms with Crippen molar-refractivity contribution < 1.29 is 9.59 Å². The Hall–Kier alpha value is -2.45. The summed E-state index contributed by atoms with van der Waals surface area (Å²) in [7, 11) is 0. The second-order valence-corrected chi connectivity index (χ2v) is 6.33. The van der Waals surface area contributed by atoms with Gasteiger partial charge in [0.1, 0.15) is 5.69 Å². The summed E-state index contributed by atoms with van der Waals surface area (Å²) in [5.41, 5.74) is 1.50. The van der Waals surface area contributed by atoms with Gasteiger partial charge in [-0.2, -0.15) is 5.10 Å². The number of halogens is 1. The van der Waals surface area contributed by atoms with Crippen LogP contribution in [0.15, 0.2) is 18.6 Å². The first-order valence-corrected chi connectivity index (χ1v) is 8.40. The lowest BCUT2D eigenvalue weighted by atomic mass is 10.1. The molecule has 0 saturated carbocycles. The van der Waals surface area contributed by atoms with Crippen LogP contribution in [0.5, 0.6) is 0 Å². The first-order valence-electron chi connectivity index (χ1n) is 8.02. The molecule has 3 rings (SSSR count). The minimum absolute atomic E-state index is 0.109. The van der Waals surface area contributed by atoms with Crippen molar-refractivity contribution in [2.24, 2.45) is 0 Å². The number of H-pyrrole nitrogens is 1. The van der Waals surface area contributed by atoms with Gasteiger partial charge in [0.15, 0.2) is 0 Å². The smallest absolute Gasteiger partial charge is 0.271 e. The summed E-state index contributed by atoms with van der Waals surface area (Å²) in [4.78, 5) is 28.9. The average Bonchev–Trinajstić information content (AvgIpc) is 3.04. The molecule has 2 aromatic heterocycles. The largest absolute Gasteiger partial charge is 0.348 e. The molecule has 0 aromatic carbocycles. The molecule has 0 aliphatic carbocycles. The van der Waals surface area contributed by atoms with Crippen LogP contribution in [0.3, 0.4) is 0 Å². The summed E-state index contributed by atoms with van der Waals surface area (Å²) >= 11 is 6.06. The van der Waals surface area contributed by atoms with E-state index in [9.17, 15) is 9.59 Å². The molecule has 2 amide bonds. The van der Waals surface area contributed by atoms with E-state index in [1.54, 1.807) is 13.1 Å². The van der Waals surface area contributed by atoms with E-state index < -0.39 is 5.91 Å². The second kappa shape index (κ2) is 7.62. The highest BCUT2D eigenvalue weighted by molar-refractivity contribution is 6.34. The van der Waals surface area contributed by atoms with Crippen molar-refractivity contribution in [1.29, 1.82) is 0 Å². The van der Waals surface area contributed by atoms with Gasteiger partial charge < -0.3 is 16.0 Å². The Morgan fingerprint density at radius 1 is 1.20 bits per heavy atom. The zero-order valence-electron chi connectivity index (χ0n) is 13.7. The number of carbonyl (C=O) groups is 2. The molecule has 1 saturated heterocycles. The number of nitrogens with one attached hydrogen (secondary N) is 4. The number of aryl methyl sites for hydroxylation is 1. The maximum Gasteiger partial charge on any atom is 0.271 e. The van der Waals surface area contributed by atoms with Crippen LogP contribution in [0.25, 0.3) is 0 Å². The SMILES string of the molecule is Cc1cncc(Cl)c1C(=O)Nc1cn[nH]c1C(=O)NC1CCNCC1. The van der Waals surface area contributed by atoms with Crippen molar-refractivity contribution in [3.05, 3.63) is 40.4 Å². The molecule has 1 aliphatic rings. The molecule has 8 nitrogen and oxygen atoms in total. The van der Waals surface area contributed by atoms with Crippen LogP contribution in [0.1, 0.15) is 39.3 Å². The Balaban J connectivity index is 1.73. The number of carbonyl (C=O) groups excluding carboxylic acids is 2. The molecule has 0 bridgehead atoms. The molecule has 0 spiro atoms. The van der Waals surface area contributed by atoms with Crippen LogP contribution in [-0.4, -0.2) is 46.1 Å². The summed E-state index contributed by atoms with van der Waals surface area (Å²) in [5, 5.41) is 15.7. The lowest BCUT2D eigenvalue weighted by Gasteiger charge is -2.23. The zero-order valence-corrected chi connectivity index (χ0v) is 14.5. The molecule has 0 unspecified atom stereocenters. The van der Waals surface area contributed by atoms with Gasteiger partial charge in [0.25, 0.3) is 11.8 Å². The van der Waals surface area contributed by atoms with Crippen LogP contribution < -0.4 is 16.0 Å². The fraction of sp³-hybridized carbons (Fsp3) is 0.375. The van der Waals surface area contributed by atoms with Gasteiger partial charge in [0, 0.05) is 18.4 Å². The molecule has 9 heteroatoms. The van der Waals surface area contributed by atoms with Crippen molar-refractivity contribution in [1.82, 2.24) is 25.8 Å². The van der Waals surface area contributed by atoms with Gasteiger partial charge in [-0.05, 0) is 38.4 Å². The van der Waals surface area contributed by atoms with E-state index in [2.05, 4.69) is 31.1 Å². The Morgan fingerprint density at radius 2 is 1.96 bits per heavy atom. The number of nitrogens with zero attached hydrogens (tertiary/aromatic N) is 2. The van der Waals surface area contributed by atoms with Crippen LogP contribution in [0.2, 0.25) is 5.02 Å². The molecule has 3 heterocycles. The van der Waals surface area contributed by atoms with E-state index in [1.807, 2.05) is 0 Å². The molecule has 1 aliphatic heterocycles. The molecule has 4 N–H and O–H groups in total. The lowest BCUT2D eigenvalue weighted by Crippen LogP contribution is -2.43. The normalized spacial score (nSPS) is 15.0. The number of rotatable bonds is 4. The van der Waals surface area contributed by atoms with Crippen molar-refractivity contribution in [3.8, 4) is 0 Å². The average molecular weight is 363 g/mol. The van der Waals surface area contributed by atoms with Crippen molar-refractivity contribution in [3.63, 3.8) is 0 Å². The van der Waals surface area contributed by atoms with Crippen LogP contribution >= 0.6 is 11.6 Å². The fourth-order valence-electron chi connectivity index (χ4n) is 2.78. The van der Waals surface area contributed by atoms with Gasteiger partial charge in [-0.25, -0.2) is 0 Å². The summed E-state index contributed by atoms with van der Waals surface area (Å²) in [6.45, 7) is 3.49. The zero-order chi connectivity index (χ0) is 17.8. The molecule has 25 heavy (non-hydrogen) atoms.